The third kappa shape index (κ3) is 3.32. The van der Waals surface area contributed by atoms with Gasteiger partial charge >= 0.3 is 0 Å². The summed E-state index contributed by atoms with van der Waals surface area (Å²) >= 11 is 4.60. The fraction of sp³-hybridized carbons (Fsp3) is 0.294. The summed E-state index contributed by atoms with van der Waals surface area (Å²) in [6, 6.07) is 6.32. The number of benzene rings is 1. The van der Waals surface area contributed by atoms with Crippen molar-refractivity contribution in [3.63, 3.8) is 0 Å². The van der Waals surface area contributed by atoms with Gasteiger partial charge in [0.15, 0.2) is 0 Å². The molecular weight excluding hydrogens is 532 g/mol. The molecule has 2 heterocycles. The van der Waals surface area contributed by atoms with Crippen LogP contribution in [0.4, 0.5) is 0 Å². The maximum absolute atomic E-state index is 12.6. The van der Waals surface area contributed by atoms with Crippen molar-refractivity contribution in [2.75, 3.05) is 20.1 Å². The van der Waals surface area contributed by atoms with E-state index in [1.165, 1.54) is 15.0 Å². The monoisotopic (exact) mass is 549 g/mol. The number of halogens is 2. The van der Waals surface area contributed by atoms with Gasteiger partial charge in [-0.15, -0.1) is 0 Å². The molecule has 0 N–H and O–H groups in total. The van der Waals surface area contributed by atoms with Crippen LogP contribution in [0.5, 0.6) is 0 Å². The number of aromatic nitrogens is 1. The molecule has 24 heavy (non-hydrogen) atoms. The number of carbonyl (C=O) groups excluding carboxylic acids is 2. The zero-order valence-electron chi connectivity index (χ0n) is 13.2. The molecule has 0 atom stereocenters. The van der Waals surface area contributed by atoms with Gasteiger partial charge in [-0.25, -0.2) is 0 Å². The normalized spacial score (nSPS) is 14.5. The molecule has 0 spiro atoms. The molecule has 1 aromatic carbocycles. The van der Waals surface area contributed by atoms with E-state index in [2.05, 4.69) is 63.9 Å². The van der Waals surface area contributed by atoms with Crippen LogP contribution in [0.2, 0.25) is 0 Å². The fourth-order valence-corrected chi connectivity index (χ4v) is 4.09. The Morgan fingerprint density at radius 1 is 1.38 bits per heavy atom. The van der Waals surface area contributed by atoms with Gasteiger partial charge in [0.25, 0.3) is 0 Å². The number of hydrogen-bond acceptors (Lipinski definition) is 2. The maximum Gasteiger partial charge on any atom is 0.246 e. The lowest BCUT2D eigenvalue weighted by Crippen LogP contribution is -2.61. The molecule has 0 aliphatic carbocycles. The largest absolute Gasteiger partial charge is 0.338 e. The summed E-state index contributed by atoms with van der Waals surface area (Å²) in [7, 11) is 1.81. The molecule has 3 rings (SSSR count). The molecule has 7 heteroatoms. The van der Waals surface area contributed by atoms with Gasteiger partial charge in [-0.2, -0.15) is 0 Å². The number of likely N-dealkylation sites (tertiary alicyclic amines) is 1. The van der Waals surface area contributed by atoms with Crippen molar-refractivity contribution in [3.05, 3.63) is 44.2 Å². The van der Waals surface area contributed by atoms with Crippen LogP contribution in [0.25, 0.3) is 10.9 Å². The third-order valence-electron chi connectivity index (χ3n) is 4.39. The van der Waals surface area contributed by atoms with Crippen LogP contribution >= 0.6 is 45.2 Å². The zero-order chi connectivity index (χ0) is 17.4. The number of likely N-dealkylation sites (N-methyl/N-ethyl adjacent to an activating group) is 1. The van der Waals surface area contributed by atoms with Gasteiger partial charge in [0.05, 0.1) is 6.04 Å². The standard InChI is InChI=1S/C17H17I2N3O2/c1-3-16(23)22-7-12(8-22)20(2)17(24)10-21-9-14(19)13-6-11(18)4-5-15(13)21/h3-6,9,12H,1,7-8,10H2,2H3. The Morgan fingerprint density at radius 3 is 2.75 bits per heavy atom. The van der Waals surface area contributed by atoms with Crippen LogP contribution in [-0.2, 0) is 16.1 Å². The van der Waals surface area contributed by atoms with Gasteiger partial charge in [0, 0.05) is 44.4 Å². The number of nitrogens with zero attached hydrogens (tertiary/aromatic N) is 3. The molecule has 1 aliphatic rings. The second-order valence-electron chi connectivity index (χ2n) is 5.87. The molecule has 126 valence electrons. The van der Waals surface area contributed by atoms with Gasteiger partial charge in [0.1, 0.15) is 6.54 Å². The quantitative estimate of drug-likeness (QED) is 0.436. The smallest absolute Gasteiger partial charge is 0.246 e. The van der Waals surface area contributed by atoms with Crippen molar-refractivity contribution in [3.8, 4) is 0 Å². The van der Waals surface area contributed by atoms with E-state index >= 15 is 0 Å². The average Bonchev–Trinajstić information content (AvgIpc) is 2.81. The Bertz CT molecular complexity index is 825. The Labute approximate surface area is 167 Å². The second kappa shape index (κ2) is 7.03. The topological polar surface area (TPSA) is 45.6 Å². The number of hydrogen-bond donors (Lipinski definition) is 0. The molecule has 1 aliphatic heterocycles. The molecular formula is C17H17I2N3O2. The molecule has 0 unspecified atom stereocenters. The molecule has 2 aromatic rings. The summed E-state index contributed by atoms with van der Waals surface area (Å²) in [6.07, 6.45) is 3.33. The Morgan fingerprint density at radius 2 is 2.08 bits per heavy atom. The Hall–Kier alpha value is -1.10. The molecule has 0 saturated carbocycles. The predicted molar refractivity (Wildman–Crippen MR) is 111 cm³/mol. The first-order chi connectivity index (χ1) is 11.4. The lowest BCUT2D eigenvalue weighted by Gasteiger charge is -2.43. The summed E-state index contributed by atoms with van der Waals surface area (Å²) in [5.74, 6) is -0.0230. The van der Waals surface area contributed by atoms with E-state index in [1.807, 2.05) is 23.9 Å². The van der Waals surface area contributed by atoms with E-state index < -0.39 is 0 Å². The van der Waals surface area contributed by atoms with E-state index in [0.717, 1.165) is 9.09 Å². The van der Waals surface area contributed by atoms with E-state index in [4.69, 9.17) is 0 Å². The molecule has 1 aromatic heterocycles. The van der Waals surface area contributed by atoms with Crippen LogP contribution < -0.4 is 0 Å². The highest BCUT2D eigenvalue weighted by Gasteiger charge is 2.34. The lowest BCUT2D eigenvalue weighted by molar-refractivity contribution is -0.142. The van der Waals surface area contributed by atoms with Crippen LogP contribution in [0.3, 0.4) is 0 Å². The first kappa shape index (κ1) is 17.7. The molecule has 5 nitrogen and oxygen atoms in total. The summed E-state index contributed by atoms with van der Waals surface area (Å²) in [6.45, 7) is 4.95. The molecule has 1 fully saturated rings. The van der Waals surface area contributed by atoms with Crippen molar-refractivity contribution in [1.82, 2.24) is 14.4 Å². The van der Waals surface area contributed by atoms with Crippen molar-refractivity contribution in [2.45, 2.75) is 12.6 Å². The van der Waals surface area contributed by atoms with E-state index in [0.29, 0.717) is 19.6 Å². The highest BCUT2D eigenvalue weighted by Crippen LogP contribution is 2.25. The van der Waals surface area contributed by atoms with Crippen molar-refractivity contribution in [1.29, 1.82) is 0 Å². The Balaban J connectivity index is 1.69. The summed E-state index contributed by atoms with van der Waals surface area (Å²) in [5.41, 5.74) is 1.07. The van der Waals surface area contributed by atoms with Crippen LogP contribution in [0, 0.1) is 7.14 Å². The van der Waals surface area contributed by atoms with E-state index in [1.54, 1.807) is 9.80 Å². The van der Waals surface area contributed by atoms with Crippen LogP contribution in [-0.4, -0.2) is 52.4 Å². The molecule has 0 bridgehead atoms. The number of rotatable bonds is 4. The minimum atomic E-state index is -0.0762. The van der Waals surface area contributed by atoms with Crippen LogP contribution in [0.1, 0.15) is 0 Å². The van der Waals surface area contributed by atoms with E-state index in [9.17, 15) is 9.59 Å². The van der Waals surface area contributed by atoms with Gasteiger partial charge < -0.3 is 14.4 Å². The first-order valence-corrected chi connectivity index (χ1v) is 9.67. The second-order valence-corrected chi connectivity index (χ2v) is 8.28. The highest BCUT2D eigenvalue weighted by atomic mass is 127. The number of fused-ring (bicyclic) bond motifs is 1. The van der Waals surface area contributed by atoms with Gasteiger partial charge in [-0.3, -0.25) is 9.59 Å². The van der Waals surface area contributed by atoms with Crippen molar-refractivity contribution < 1.29 is 9.59 Å². The first-order valence-electron chi connectivity index (χ1n) is 7.51. The van der Waals surface area contributed by atoms with Crippen molar-refractivity contribution in [2.24, 2.45) is 0 Å². The lowest BCUT2D eigenvalue weighted by atomic mass is 10.1. The number of carbonyl (C=O) groups is 2. The van der Waals surface area contributed by atoms with Gasteiger partial charge in [0.2, 0.25) is 11.8 Å². The fourth-order valence-electron chi connectivity index (χ4n) is 2.83. The van der Waals surface area contributed by atoms with Gasteiger partial charge in [-0.1, -0.05) is 6.58 Å². The molecule has 0 radical (unpaired) electrons. The minimum absolute atomic E-state index is 0.0533. The zero-order valence-corrected chi connectivity index (χ0v) is 17.5. The van der Waals surface area contributed by atoms with Crippen LogP contribution in [0.15, 0.2) is 37.1 Å². The maximum atomic E-state index is 12.6. The summed E-state index contributed by atoms with van der Waals surface area (Å²) in [5, 5.41) is 1.17. The molecule has 1 saturated heterocycles. The number of amides is 2. The third-order valence-corrected chi connectivity index (χ3v) is 5.92. The predicted octanol–water partition coefficient (Wildman–Crippen LogP) is 2.71. The molecule has 2 amide bonds. The Kier molecular flexibility index (Phi) is 5.19. The van der Waals surface area contributed by atoms with E-state index in [-0.39, 0.29) is 17.9 Å². The van der Waals surface area contributed by atoms with Crippen molar-refractivity contribution >= 4 is 67.9 Å². The summed E-state index contributed by atoms with van der Waals surface area (Å²) < 4.78 is 4.32. The average molecular weight is 549 g/mol. The SMILES string of the molecule is C=CC(=O)N1CC(N(C)C(=O)Cn2cc(I)c3cc(I)ccc32)C1. The minimum Gasteiger partial charge on any atom is -0.338 e. The van der Waals surface area contributed by atoms with Gasteiger partial charge in [-0.05, 0) is 69.5 Å². The highest BCUT2D eigenvalue weighted by molar-refractivity contribution is 14.1. The summed E-state index contributed by atoms with van der Waals surface area (Å²) in [4.78, 5) is 27.5.